The fourth-order valence-electron chi connectivity index (χ4n) is 7.07. The first-order chi connectivity index (χ1) is 17.2. The number of carbonyl (C=O) groups excluding carboxylic acids is 2. The van der Waals surface area contributed by atoms with E-state index in [0.29, 0.717) is 30.1 Å². The highest BCUT2D eigenvalue weighted by Gasteiger charge is 2.57. The number of aliphatic hydroxyl groups is 2. The zero-order valence-electron chi connectivity index (χ0n) is 21.7. The molecule has 4 fully saturated rings. The number of unbranched alkanes of at least 4 members (excludes halogenated alkanes) is 1. The van der Waals surface area contributed by atoms with Gasteiger partial charge in [-0.25, -0.2) is 4.79 Å². The van der Waals surface area contributed by atoms with Crippen LogP contribution in [-0.4, -0.2) is 58.6 Å². The first-order valence-electron chi connectivity index (χ1n) is 13.5. The molecule has 0 aromatic heterocycles. The maximum atomic E-state index is 12.5. The van der Waals surface area contributed by atoms with Gasteiger partial charge >= 0.3 is 11.9 Å². The minimum atomic E-state index is -0.650. The summed E-state index contributed by atoms with van der Waals surface area (Å²) in [6.45, 7) is 8.65. The predicted octanol–water partition coefficient (Wildman–Crippen LogP) is 5.23. The van der Waals surface area contributed by atoms with Crippen LogP contribution in [0.5, 0.6) is 0 Å². The molecule has 2 aliphatic heterocycles. The first kappa shape index (κ1) is 28.1. The Bertz CT molecular complexity index is 868. The normalized spacial score (nSPS) is 39.8. The van der Waals surface area contributed by atoms with Gasteiger partial charge in [0, 0.05) is 22.8 Å². The van der Waals surface area contributed by atoms with E-state index in [0.717, 1.165) is 44.1 Å². The Balaban J connectivity index is 1.37. The van der Waals surface area contributed by atoms with Gasteiger partial charge in [-0.2, -0.15) is 0 Å². The lowest BCUT2D eigenvalue weighted by atomic mass is 9.46. The third-order valence-electron chi connectivity index (χ3n) is 9.37. The van der Waals surface area contributed by atoms with Crippen LogP contribution in [0.2, 0.25) is 0 Å². The molecule has 0 spiro atoms. The van der Waals surface area contributed by atoms with Gasteiger partial charge in [-0.1, -0.05) is 60.1 Å². The molecule has 2 N–H and O–H groups in total. The molecule has 8 heteroatoms. The summed E-state index contributed by atoms with van der Waals surface area (Å²) < 4.78 is 10.9. The Morgan fingerprint density at radius 2 is 2.08 bits per heavy atom. The van der Waals surface area contributed by atoms with Crippen LogP contribution in [0.15, 0.2) is 23.8 Å². The van der Waals surface area contributed by atoms with Crippen LogP contribution in [0.4, 0.5) is 0 Å². The molecule has 0 bridgehead atoms. The highest BCUT2D eigenvalue weighted by atomic mass is 33.1. The summed E-state index contributed by atoms with van der Waals surface area (Å²) in [6.07, 6.45) is 9.15. The number of rotatable bonds is 9. The molecular formula is C28H42O6S2. The van der Waals surface area contributed by atoms with Crippen molar-refractivity contribution in [1.82, 2.24) is 0 Å². The molecular weight excluding hydrogens is 496 g/mol. The maximum absolute atomic E-state index is 12.5. The molecule has 0 amide bonds. The quantitative estimate of drug-likeness (QED) is 0.136. The summed E-state index contributed by atoms with van der Waals surface area (Å²) in [5.74, 6) is 0.827. The number of hydrogen-bond acceptors (Lipinski definition) is 8. The smallest absolute Gasteiger partial charge is 0.337 e. The lowest BCUT2D eigenvalue weighted by Gasteiger charge is -2.59. The average molecular weight is 539 g/mol. The number of allylic oxidation sites excluding steroid dienone is 2. The van der Waals surface area contributed by atoms with E-state index in [1.54, 1.807) is 0 Å². The van der Waals surface area contributed by atoms with Gasteiger partial charge in [-0.3, -0.25) is 4.79 Å². The van der Waals surface area contributed by atoms with Crippen molar-refractivity contribution in [3.8, 4) is 0 Å². The summed E-state index contributed by atoms with van der Waals surface area (Å²) in [4.78, 5) is 25.0. The average Bonchev–Trinajstić information content (AvgIpc) is 3.49. The number of ether oxygens (including phenoxy) is 2. The Morgan fingerprint density at radius 1 is 1.28 bits per heavy atom. The van der Waals surface area contributed by atoms with E-state index in [4.69, 9.17) is 9.47 Å². The van der Waals surface area contributed by atoms with Crippen LogP contribution in [0.3, 0.4) is 0 Å². The molecule has 2 saturated heterocycles. The predicted molar refractivity (Wildman–Crippen MR) is 144 cm³/mol. The van der Waals surface area contributed by atoms with Gasteiger partial charge in [-0.15, -0.1) is 0 Å². The number of aliphatic hydroxyl groups excluding tert-OH is 2. The standard InChI is InChI=1S/C28H42O6S2/c1-18-8-11-23-27(2,14-12-24(30)28(23,3)17-29)21(18)10-9-20-22(16-33-26(20)32)34-25(31)7-5-4-6-19-13-15-35-36-19/h9,19,21-24,29-30H,1,4-8,10-17H2,2-3H3/b20-9+/t19?,21-,22-,23+,24-,27+,28+/m1/s1. The molecule has 1 unspecified atom stereocenters. The minimum Gasteiger partial charge on any atom is -0.458 e. The van der Waals surface area contributed by atoms with Crippen LogP contribution in [0, 0.1) is 22.7 Å². The Kier molecular flexibility index (Phi) is 9.22. The zero-order valence-corrected chi connectivity index (χ0v) is 23.3. The Morgan fingerprint density at radius 3 is 2.81 bits per heavy atom. The number of esters is 2. The maximum Gasteiger partial charge on any atom is 0.337 e. The van der Waals surface area contributed by atoms with Crippen molar-refractivity contribution in [2.24, 2.45) is 22.7 Å². The molecule has 6 nitrogen and oxygen atoms in total. The molecule has 4 rings (SSSR count). The van der Waals surface area contributed by atoms with Crippen molar-refractivity contribution in [1.29, 1.82) is 0 Å². The molecule has 0 aromatic rings. The Labute approximate surface area is 223 Å². The SMILES string of the molecule is C=C1CC[C@@H]2[C@](C)(CO)[C@H](O)CC[C@@]2(C)[C@@H]1C/C=C1/C(=O)OC[C@H]1OC(=O)CCCCC1CCSS1. The van der Waals surface area contributed by atoms with Gasteiger partial charge in [-0.05, 0) is 68.6 Å². The Hall–Kier alpha value is -0.960. The fraction of sp³-hybridized carbons (Fsp3) is 0.786. The molecule has 2 aliphatic carbocycles. The van der Waals surface area contributed by atoms with E-state index < -0.39 is 23.6 Å². The lowest BCUT2D eigenvalue weighted by Crippen LogP contribution is -2.57. The zero-order chi connectivity index (χ0) is 25.9. The van der Waals surface area contributed by atoms with Crippen LogP contribution in [-0.2, 0) is 19.1 Å². The van der Waals surface area contributed by atoms with E-state index >= 15 is 0 Å². The molecule has 4 aliphatic rings. The van der Waals surface area contributed by atoms with Crippen molar-refractivity contribution >= 4 is 33.5 Å². The summed E-state index contributed by atoms with van der Waals surface area (Å²) in [7, 11) is 3.90. The van der Waals surface area contributed by atoms with E-state index in [-0.39, 0.29) is 36.4 Å². The second kappa shape index (κ2) is 11.8. The van der Waals surface area contributed by atoms with Crippen molar-refractivity contribution < 1.29 is 29.3 Å². The van der Waals surface area contributed by atoms with Crippen molar-refractivity contribution in [2.75, 3.05) is 19.0 Å². The monoisotopic (exact) mass is 538 g/mol. The van der Waals surface area contributed by atoms with Gasteiger partial charge < -0.3 is 19.7 Å². The third kappa shape index (κ3) is 5.71. The largest absolute Gasteiger partial charge is 0.458 e. The van der Waals surface area contributed by atoms with Gasteiger partial charge in [0.15, 0.2) is 6.10 Å². The third-order valence-corrected chi connectivity index (χ3v) is 12.4. The van der Waals surface area contributed by atoms with Crippen molar-refractivity contribution in [2.45, 2.75) is 95.5 Å². The van der Waals surface area contributed by atoms with Crippen LogP contribution in [0.25, 0.3) is 0 Å². The molecule has 202 valence electrons. The highest BCUT2D eigenvalue weighted by molar-refractivity contribution is 8.77. The van der Waals surface area contributed by atoms with E-state index in [1.807, 2.05) is 34.6 Å². The van der Waals surface area contributed by atoms with Crippen LogP contribution >= 0.6 is 21.6 Å². The van der Waals surface area contributed by atoms with Gasteiger partial charge in [0.2, 0.25) is 0 Å². The van der Waals surface area contributed by atoms with E-state index in [2.05, 4.69) is 13.5 Å². The van der Waals surface area contributed by atoms with Crippen LogP contribution < -0.4 is 0 Å². The molecule has 0 aromatic carbocycles. The summed E-state index contributed by atoms with van der Waals surface area (Å²) in [6, 6.07) is 0. The molecule has 2 heterocycles. The number of carbonyl (C=O) groups is 2. The second-order valence-electron chi connectivity index (χ2n) is 11.6. The summed E-state index contributed by atoms with van der Waals surface area (Å²) in [5, 5.41) is 21.6. The van der Waals surface area contributed by atoms with Crippen LogP contribution in [0.1, 0.15) is 78.1 Å². The summed E-state index contributed by atoms with van der Waals surface area (Å²) >= 11 is 0. The van der Waals surface area contributed by atoms with E-state index in [1.165, 1.54) is 12.2 Å². The van der Waals surface area contributed by atoms with E-state index in [9.17, 15) is 19.8 Å². The molecule has 2 saturated carbocycles. The molecule has 0 radical (unpaired) electrons. The topological polar surface area (TPSA) is 93.1 Å². The van der Waals surface area contributed by atoms with Gasteiger partial charge in [0.25, 0.3) is 0 Å². The number of fused-ring (bicyclic) bond motifs is 1. The number of hydrogen-bond donors (Lipinski definition) is 2. The fourth-order valence-corrected chi connectivity index (χ4v) is 10.1. The van der Waals surface area contributed by atoms with Crippen molar-refractivity contribution in [3.05, 3.63) is 23.8 Å². The lowest BCUT2D eigenvalue weighted by molar-refractivity contribution is -0.151. The highest BCUT2D eigenvalue weighted by Crippen LogP contribution is 2.61. The first-order valence-corrected chi connectivity index (χ1v) is 15.9. The van der Waals surface area contributed by atoms with Crippen molar-refractivity contribution in [3.63, 3.8) is 0 Å². The van der Waals surface area contributed by atoms with Gasteiger partial charge in [0.05, 0.1) is 18.3 Å². The minimum absolute atomic E-state index is 0.0441. The molecule has 7 atom stereocenters. The molecule has 36 heavy (non-hydrogen) atoms. The summed E-state index contributed by atoms with van der Waals surface area (Å²) in [5.41, 5.74) is 0.912. The van der Waals surface area contributed by atoms with Gasteiger partial charge in [0.1, 0.15) is 6.61 Å². The number of cyclic esters (lactones) is 1. The second-order valence-corrected chi connectivity index (χ2v) is 14.4.